The van der Waals surface area contributed by atoms with Gasteiger partial charge in [-0.2, -0.15) is 0 Å². The van der Waals surface area contributed by atoms with Crippen molar-refractivity contribution in [2.45, 2.75) is 32.2 Å². The Labute approximate surface area is 111 Å². The van der Waals surface area contributed by atoms with E-state index < -0.39 is 0 Å². The number of anilines is 1. The van der Waals surface area contributed by atoms with E-state index in [0.717, 1.165) is 18.8 Å². The Morgan fingerprint density at radius 3 is 2.72 bits per heavy atom. The van der Waals surface area contributed by atoms with E-state index in [1.807, 2.05) is 5.38 Å². The molecule has 0 spiro atoms. The number of carbonyl (C=O) groups excluding carboxylic acids is 1. The summed E-state index contributed by atoms with van der Waals surface area (Å²) in [5.74, 6) is 0.0727. The fraction of sp³-hybridized carbons (Fsp3) is 0.667. The molecular weight excluding hydrogens is 248 g/mol. The van der Waals surface area contributed by atoms with Crippen molar-refractivity contribution < 1.29 is 4.79 Å². The monoisotopic (exact) mass is 268 g/mol. The first-order valence-corrected chi connectivity index (χ1v) is 7.31. The average Bonchev–Trinajstić information content (AvgIpc) is 2.60. The molecular formula is C12H20N4OS. The zero-order chi connectivity index (χ0) is 12.8. The van der Waals surface area contributed by atoms with Gasteiger partial charge in [-0.05, 0) is 25.9 Å². The number of hydrogen-bond acceptors (Lipinski definition) is 5. The normalized spacial score (nSPS) is 17.3. The molecule has 1 amide bonds. The van der Waals surface area contributed by atoms with Crippen LogP contribution in [-0.2, 0) is 11.3 Å². The molecule has 6 heteroatoms. The highest BCUT2D eigenvalue weighted by atomic mass is 32.1. The second-order valence-electron chi connectivity index (χ2n) is 4.64. The maximum absolute atomic E-state index is 11.8. The van der Waals surface area contributed by atoms with Gasteiger partial charge in [0.25, 0.3) is 0 Å². The summed E-state index contributed by atoms with van der Waals surface area (Å²) in [6.45, 7) is 3.05. The van der Waals surface area contributed by atoms with Crippen molar-refractivity contribution in [2.75, 3.05) is 25.4 Å². The lowest BCUT2D eigenvalue weighted by molar-refractivity contribution is -0.122. The Hall–Kier alpha value is -1.14. The maximum atomic E-state index is 11.8. The fourth-order valence-corrected chi connectivity index (χ4v) is 2.71. The van der Waals surface area contributed by atoms with Crippen LogP contribution < -0.4 is 11.1 Å². The topological polar surface area (TPSA) is 71.2 Å². The third-order valence-electron chi connectivity index (χ3n) is 3.10. The van der Waals surface area contributed by atoms with Crippen molar-refractivity contribution in [3.8, 4) is 0 Å². The zero-order valence-corrected chi connectivity index (χ0v) is 11.3. The number of nitrogen functional groups attached to an aromatic ring is 1. The van der Waals surface area contributed by atoms with Crippen LogP contribution in [0.4, 0.5) is 5.13 Å². The number of likely N-dealkylation sites (tertiary alicyclic amines) is 1. The van der Waals surface area contributed by atoms with E-state index in [4.69, 9.17) is 5.73 Å². The van der Waals surface area contributed by atoms with Crippen LogP contribution in [0.5, 0.6) is 0 Å². The van der Waals surface area contributed by atoms with Gasteiger partial charge in [-0.15, -0.1) is 11.3 Å². The Bertz CT molecular complexity index is 385. The molecule has 2 rings (SSSR count). The molecule has 1 saturated heterocycles. The SMILES string of the molecule is Nc1nc(CNC(=O)CN2CCCCCC2)cs1. The second-order valence-corrected chi connectivity index (χ2v) is 5.53. The van der Waals surface area contributed by atoms with Gasteiger partial charge in [0, 0.05) is 5.38 Å². The smallest absolute Gasteiger partial charge is 0.234 e. The number of nitrogens with two attached hydrogens (primary N) is 1. The van der Waals surface area contributed by atoms with E-state index in [9.17, 15) is 4.79 Å². The van der Waals surface area contributed by atoms with Gasteiger partial charge in [0.2, 0.25) is 5.91 Å². The highest BCUT2D eigenvalue weighted by Gasteiger charge is 2.12. The number of amides is 1. The van der Waals surface area contributed by atoms with Crippen molar-refractivity contribution in [3.05, 3.63) is 11.1 Å². The van der Waals surface area contributed by atoms with Crippen LogP contribution in [0, 0.1) is 0 Å². The quantitative estimate of drug-likeness (QED) is 0.861. The summed E-state index contributed by atoms with van der Waals surface area (Å²) in [6, 6.07) is 0. The van der Waals surface area contributed by atoms with Crippen molar-refractivity contribution in [3.63, 3.8) is 0 Å². The average molecular weight is 268 g/mol. The molecule has 0 unspecified atom stereocenters. The minimum absolute atomic E-state index is 0.0727. The van der Waals surface area contributed by atoms with E-state index >= 15 is 0 Å². The third-order valence-corrected chi connectivity index (χ3v) is 3.82. The predicted octanol–water partition coefficient (Wildman–Crippen LogP) is 1.22. The molecule has 1 aliphatic rings. The van der Waals surface area contributed by atoms with E-state index in [2.05, 4.69) is 15.2 Å². The van der Waals surface area contributed by atoms with Gasteiger partial charge in [-0.3, -0.25) is 9.69 Å². The molecule has 1 aromatic heterocycles. The number of hydrogen-bond donors (Lipinski definition) is 2. The van der Waals surface area contributed by atoms with Crippen LogP contribution in [-0.4, -0.2) is 35.4 Å². The van der Waals surface area contributed by atoms with Crippen LogP contribution >= 0.6 is 11.3 Å². The van der Waals surface area contributed by atoms with Crippen molar-refractivity contribution in [1.29, 1.82) is 0 Å². The standard InChI is InChI=1S/C12H20N4OS/c13-12-15-10(9-18-12)7-14-11(17)8-16-5-3-1-2-4-6-16/h9H,1-8H2,(H2,13,15)(H,14,17). The summed E-state index contributed by atoms with van der Waals surface area (Å²) in [6.07, 6.45) is 4.98. The maximum Gasteiger partial charge on any atom is 0.234 e. The van der Waals surface area contributed by atoms with Gasteiger partial charge in [0.05, 0.1) is 18.8 Å². The molecule has 0 radical (unpaired) electrons. The molecule has 0 saturated carbocycles. The first-order chi connectivity index (χ1) is 8.74. The number of nitrogens with zero attached hydrogens (tertiary/aromatic N) is 2. The molecule has 100 valence electrons. The lowest BCUT2D eigenvalue weighted by Crippen LogP contribution is -2.37. The molecule has 0 bridgehead atoms. The molecule has 3 N–H and O–H groups in total. The molecule has 0 aliphatic carbocycles. The Morgan fingerprint density at radius 1 is 1.39 bits per heavy atom. The van der Waals surface area contributed by atoms with E-state index in [-0.39, 0.29) is 5.91 Å². The predicted molar refractivity (Wildman–Crippen MR) is 73.3 cm³/mol. The van der Waals surface area contributed by atoms with Crippen LogP contribution in [0.25, 0.3) is 0 Å². The van der Waals surface area contributed by atoms with Gasteiger partial charge in [-0.1, -0.05) is 12.8 Å². The molecule has 2 heterocycles. The second kappa shape index (κ2) is 6.70. The summed E-state index contributed by atoms with van der Waals surface area (Å²) in [7, 11) is 0. The summed E-state index contributed by atoms with van der Waals surface area (Å²) in [5, 5.41) is 5.31. The third kappa shape index (κ3) is 4.27. The van der Waals surface area contributed by atoms with Crippen LogP contribution in [0.1, 0.15) is 31.4 Å². The van der Waals surface area contributed by atoms with E-state index in [1.54, 1.807) is 0 Å². The molecule has 1 aliphatic heterocycles. The minimum atomic E-state index is 0.0727. The van der Waals surface area contributed by atoms with Crippen molar-refractivity contribution in [1.82, 2.24) is 15.2 Å². The van der Waals surface area contributed by atoms with E-state index in [1.165, 1.54) is 37.0 Å². The van der Waals surface area contributed by atoms with Crippen molar-refractivity contribution >= 4 is 22.4 Å². The lowest BCUT2D eigenvalue weighted by atomic mass is 10.2. The van der Waals surface area contributed by atoms with Crippen molar-refractivity contribution in [2.24, 2.45) is 0 Å². The van der Waals surface area contributed by atoms with Gasteiger partial charge in [-0.25, -0.2) is 4.98 Å². The number of aromatic nitrogens is 1. The van der Waals surface area contributed by atoms with Gasteiger partial charge in [0.1, 0.15) is 0 Å². The molecule has 0 atom stereocenters. The minimum Gasteiger partial charge on any atom is -0.375 e. The molecule has 1 aromatic rings. The number of nitrogens with one attached hydrogen (secondary N) is 1. The number of thiazole rings is 1. The summed E-state index contributed by atoms with van der Waals surface area (Å²) in [5.41, 5.74) is 6.37. The van der Waals surface area contributed by atoms with Gasteiger partial charge >= 0.3 is 0 Å². The first-order valence-electron chi connectivity index (χ1n) is 6.43. The molecule has 18 heavy (non-hydrogen) atoms. The summed E-state index contributed by atoms with van der Waals surface area (Å²) in [4.78, 5) is 18.1. The number of rotatable bonds is 4. The van der Waals surface area contributed by atoms with E-state index in [0.29, 0.717) is 18.2 Å². The van der Waals surface area contributed by atoms with Crippen LogP contribution in [0.2, 0.25) is 0 Å². The fourth-order valence-electron chi connectivity index (χ4n) is 2.15. The molecule has 0 aromatic carbocycles. The lowest BCUT2D eigenvalue weighted by Gasteiger charge is -2.18. The summed E-state index contributed by atoms with van der Waals surface area (Å²) >= 11 is 1.40. The highest BCUT2D eigenvalue weighted by Crippen LogP contribution is 2.11. The largest absolute Gasteiger partial charge is 0.375 e. The summed E-state index contributed by atoms with van der Waals surface area (Å²) < 4.78 is 0. The number of carbonyl (C=O) groups is 1. The Balaban J connectivity index is 1.71. The van der Waals surface area contributed by atoms with Crippen LogP contribution in [0.3, 0.4) is 0 Å². The first kappa shape index (κ1) is 13.3. The zero-order valence-electron chi connectivity index (χ0n) is 10.5. The molecule has 1 fully saturated rings. The molecule has 5 nitrogen and oxygen atoms in total. The van der Waals surface area contributed by atoms with Crippen LogP contribution in [0.15, 0.2) is 5.38 Å². The Morgan fingerprint density at radius 2 is 2.11 bits per heavy atom. The highest BCUT2D eigenvalue weighted by molar-refractivity contribution is 7.13. The van der Waals surface area contributed by atoms with Gasteiger partial charge in [0.15, 0.2) is 5.13 Å². The van der Waals surface area contributed by atoms with Gasteiger partial charge < -0.3 is 11.1 Å². The Kier molecular flexibility index (Phi) is 4.95.